The molecule has 64 heavy (non-hydrogen) atoms. The Bertz CT molecular complexity index is 3620. The monoisotopic (exact) mass is 816 g/mol. The van der Waals surface area contributed by atoms with Gasteiger partial charge in [0.05, 0.1) is 39.0 Å². The van der Waals surface area contributed by atoms with Gasteiger partial charge in [0, 0.05) is 49.4 Å². The summed E-state index contributed by atoms with van der Waals surface area (Å²) in [7, 11) is 0. The molecule has 0 amide bonds. The van der Waals surface area contributed by atoms with Gasteiger partial charge in [0.15, 0.2) is 17.5 Å². The predicted octanol–water partition coefficient (Wildman–Crippen LogP) is 14.3. The second-order valence-electron chi connectivity index (χ2n) is 15.8. The van der Waals surface area contributed by atoms with Crippen molar-refractivity contribution in [3.05, 3.63) is 224 Å². The highest BCUT2D eigenvalue weighted by molar-refractivity contribution is 6.13. The Morgan fingerprint density at radius 3 is 1.14 bits per heavy atom. The second kappa shape index (κ2) is 15.2. The third kappa shape index (κ3) is 5.91. The first-order valence-electron chi connectivity index (χ1n) is 21.4. The van der Waals surface area contributed by atoms with Crippen LogP contribution in [0, 0.1) is 11.3 Å². The number of para-hydroxylation sites is 4. The molecule has 298 valence electrons. The van der Waals surface area contributed by atoms with Gasteiger partial charge in [0.25, 0.3) is 0 Å². The number of hydrogen-bond acceptors (Lipinski definition) is 4. The van der Waals surface area contributed by atoms with Crippen LogP contribution in [0.4, 0.5) is 0 Å². The molecule has 0 atom stereocenters. The van der Waals surface area contributed by atoms with Crippen LogP contribution in [0.5, 0.6) is 0 Å². The summed E-state index contributed by atoms with van der Waals surface area (Å²) >= 11 is 0. The van der Waals surface area contributed by atoms with Gasteiger partial charge >= 0.3 is 0 Å². The lowest BCUT2D eigenvalue weighted by molar-refractivity contribution is 1.07. The molecule has 0 aliphatic rings. The lowest BCUT2D eigenvalue weighted by atomic mass is 9.88. The molecule has 6 heteroatoms. The van der Waals surface area contributed by atoms with Crippen molar-refractivity contribution in [2.24, 2.45) is 0 Å². The molecule has 12 aromatic rings. The molecule has 0 fully saturated rings. The Hall–Kier alpha value is -8.92. The van der Waals surface area contributed by atoms with Crippen LogP contribution in [-0.4, -0.2) is 24.1 Å². The summed E-state index contributed by atoms with van der Waals surface area (Å²) in [6.07, 6.45) is 0. The van der Waals surface area contributed by atoms with Crippen molar-refractivity contribution in [2.45, 2.75) is 0 Å². The predicted molar refractivity (Wildman–Crippen MR) is 260 cm³/mol. The maximum atomic E-state index is 11.6. The Balaban J connectivity index is 1.27. The number of hydrogen-bond donors (Lipinski definition) is 0. The Kier molecular flexibility index (Phi) is 8.77. The fraction of sp³-hybridized carbons (Fsp3) is 0. The molecule has 0 bridgehead atoms. The molecule has 0 aliphatic carbocycles. The Morgan fingerprint density at radius 1 is 0.328 bits per heavy atom. The van der Waals surface area contributed by atoms with E-state index in [2.05, 4.69) is 161 Å². The maximum Gasteiger partial charge on any atom is 0.164 e. The van der Waals surface area contributed by atoms with E-state index in [1.807, 2.05) is 72.8 Å². The third-order valence-corrected chi connectivity index (χ3v) is 12.2. The van der Waals surface area contributed by atoms with Gasteiger partial charge in [-0.3, -0.25) is 0 Å². The lowest BCUT2D eigenvalue weighted by Gasteiger charge is -2.25. The summed E-state index contributed by atoms with van der Waals surface area (Å²) in [6, 6.07) is 77.9. The minimum Gasteiger partial charge on any atom is -0.308 e. The van der Waals surface area contributed by atoms with Crippen molar-refractivity contribution in [3.63, 3.8) is 0 Å². The molecule has 3 heterocycles. The summed E-state index contributed by atoms with van der Waals surface area (Å²) in [5.74, 6) is 1.68. The van der Waals surface area contributed by atoms with Gasteiger partial charge in [-0.15, -0.1) is 0 Å². The number of nitriles is 1. The molecule has 0 saturated carbocycles. The van der Waals surface area contributed by atoms with Crippen LogP contribution >= 0.6 is 0 Å². The fourth-order valence-electron chi connectivity index (χ4n) is 9.46. The first-order valence-corrected chi connectivity index (χ1v) is 21.4. The van der Waals surface area contributed by atoms with E-state index in [-0.39, 0.29) is 0 Å². The molecule has 3 aromatic heterocycles. The SMILES string of the molecule is N#Cc1cc(-c2ccccc2-c2nc(-c3ccccc3)nc(-c3ccccc3)n2)c(-n2c3ccccc3c3ccccc32)c(-c2ccccc2)c1-n1c2ccccc2c2ccccc21. The number of nitrogens with zero attached hydrogens (tertiary/aromatic N) is 6. The van der Waals surface area contributed by atoms with E-state index in [4.69, 9.17) is 15.0 Å². The maximum absolute atomic E-state index is 11.6. The van der Waals surface area contributed by atoms with Gasteiger partial charge in [0.1, 0.15) is 6.07 Å². The molecule has 12 rings (SSSR count). The highest BCUT2D eigenvalue weighted by atomic mass is 15.0. The summed E-state index contributed by atoms with van der Waals surface area (Å²) < 4.78 is 4.69. The molecule has 0 N–H and O–H groups in total. The van der Waals surface area contributed by atoms with Gasteiger partial charge in [-0.25, -0.2) is 15.0 Å². The van der Waals surface area contributed by atoms with Gasteiger partial charge in [-0.1, -0.05) is 188 Å². The van der Waals surface area contributed by atoms with Crippen LogP contribution in [-0.2, 0) is 0 Å². The van der Waals surface area contributed by atoms with E-state index in [1.165, 1.54) is 0 Å². The number of aromatic nitrogens is 5. The number of benzene rings is 9. The van der Waals surface area contributed by atoms with Crippen LogP contribution in [0.25, 0.3) is 111 Å². The van der Waals surface area contributed by atoms with Crippen molar-refractivity contribution < 1.29 is 0 Å². The Morgan fingerprint density at radius 2 is 0.688 bits per heavy atom. The van der Waals surface area contributed by atoms with E-state index in [1.54, 1.807) is 0 Å². The zero-order valence-electron chi connectivity index (χ0n) is 34.5. The fourth-order valence-corrected chi connectivity index (χ4v) is 9.46. The van der Waals surface area contributed by atoms with Crippen LogP contribution in [0.1, 0.15) is 5.56 Å². The molecular weight excluding hydrogens is 781 g/mol. The standard InChI is InChI=1S/C58H36N6/c59-37-41-36-48(42-26-10-11-31-47(42)58-61-56(39-22-6-2-7-23-39)60-57(62-58)40-24-8-3-9-25-40)55(64-51-34-18-14-29-45(51)46-30-15-19-35-52(46)64)53(38-20-4-1-5-21-38)54(41)63-49-32-16-12-27-43(49)44-28-13-17-33-50(44)63/h1-36H. The van der Waals surface area contributed by atoms with Gasteiger partial charge in [-0.2, -0.15) is 5.26 Å². The van der Waals surface area contributed by atoms with E-state index in [0.29, 0.717) is 23.0 Å². The normalized spacial score (nSPS) is 11.4. The van der Waals surface area contributed by atoms with E-state index in [0.717, 1.165) is 93.9 Å². The number of fused-ring (bicyclic) bond motifs is 6. The largest absolute Gasteiger partial charge is 0.308 e. The minimum absolute atomic E-state index is 0.530. The van der Waals surface area contributed by atoms with Crippen LogP contribution < -0.4 is 0 Å². The van der Waals surface area contributed by atoms with Gasteiger partial charge in [0.2, 0.25) is 0 Å². The molecule has 0 unspecified atom stereocenters. The molecule has 0 spiro atoms. The summed E-state index contributed by atoms with van der Waals surface area (Å²) in [5.41, 5.74) is 12.7. The molecule has 9 aromatic carbocycles. The summed E-state index contributed by atoms with van der Waals surface area (Å²) in [4.78, 5) is 15.5. The third-order valence-electron chi connectivity index (χ3n) is 12.2. The van der Waals surface area contributed by atoms with Crippen LogP contribution in [0.2, 0.25) is 0 Å². The van der Waals surface area contributed by atoms with E-state index in [9.17, 15) is 5.26 Å². The highest BCUT2D eigenvalue weighted by Crippen LogP contribution is 2.48. The summed E-state index contributed by atoms with van der Waals surface area (Å²) in [6.45, 7) is 0. The number of rotatable bonds is 7. The average Bonchev–Trinajstić information content (AvgIpc) is 3.89. The summed E-state index contributed by atoms with van der Waals surface area (Å²) in [5, 5.41) is 16.1. The minimum atomic E-state index is 0.530. The zero-order valence-corrected chi connectivity index (χ0v) is 34.5. The van der Waals surface area contributed by atoms with Gasteiger partial charge in [-0.05, 0) is 41.5 Å². The van der Waals surface area contributed by atoms with Crippen molar-refractivity contribution in [1.29, 1.82) is 5.26 Å². The quantitative estimate of drug-likeness (QED) is 0.161. The highest BCUT2D eigenvalue weighted by Gasteiger charge is 2.29. The van der Waals surface area contributed by atoms with Crippen LogP contribution in [0.15, 0.2) is 218 Å². The van der Waals surface area contributed by atoms with Crippen molar-refractivity contribution in [2.75, 3.05) is 0 Å². The zero-order chi connectivity index (χ0) is 42.6. The Labute approximate surface area is 369 Å². The van der Waals surface area contributed by atoms with E-state index >= 15 is 0 Å². The lowest BCUT2D eigenvalue weighted by Crippen LogP contribution is -2.09. The topological polar surface area (TPSA) is 72.3 Å². The van der Waals surface area contributed by atoms with E-state index < -0.39 is 0 Å². The smallest absolute Gasteiger partial charge is 0.164 e. The first kappa shape index (κ1) is 36.9. The molecule has 0 radical (unpaired) electrons. The molecule has 0 saturated heterocycles. The van der Waals surface area contributed by atoms with Crippen LogP contribution in [0.3, 0.4) is 0 Å². The van der Waals surface area contributed by atoms with Gasteiger partial charge < -0.3 is 9.13 Å². The average molecular weight is 817 g/mol. The van der Waals surface area contributed by atoms with Crippen molar-refractivity contribution in [1.82, 2.24) is 24.1 Å². The second-order valence-corrected chi connectivity index (χ2v) is 15.8. The molecule has 6 nitrogen and oxygen atoms in total. The van der Waals surface area contributed by atoms with Crippen molar-refractivity contribution >= 4 is 43.6 Å². The van der Waals surface area contributed by atoms with Crippen molar-refractivity contribution in [3.8, 4) is 73.9 Å². The first-order chi connectivity index (χ1) is 31.7. The molecular formula is C58H36N6. The molecule has 0 aliphatic heterocycles.